The van der Waals surface area contributed by atoms with Gasteiger partial charge in [-0.15, -0.1) is 0 Å². The largest absolute Gasteiger partial charge is 0.391 e. The molecule has 2 nitrogen and oxygen atoms in total. The average molecular weight is 166 g/mol. The van der Waals surface area contributed by atoms with Crippen LogP contribution < -0.4 is 0 Å². The van der Waals surface area contributed by atoms with Gasteiger partial charge in [-0.2, -0.15) is 0 Å². The van der Waals surface area contributed by atoms with E-state index in [1.165, 1.54) is 0 Å². The van der Waals surface area contributed by atoms with Gasteiger partial charge in [0.1, 0.15) is 0 Å². The van der Waals surface area contributed by atoms with Crippen molar-refractivity contribution in [3.05, 3.63) is 35.9 Å². The molecule has 0 heterocycles. The second kappa shape index (κ2) is 4.24. The second-order valence-electron chi connectivity index (χ2n) is 3.00. The third kappa shape index (κ3) is 2.64. The van der Waals surface area contributed by atoms with Crippen LogP contribution in [0.3, 0.4) is 0 Å². The molecule has 0 radical (unpaired) electrons. The molecule has 1 rings (SSSR count). The number of aliphatic hydroxyl groups excluding tert-OH is 2. The Hall–Kier alpha value is -0.860. The van der Waals surface area contributed by atoms with Gasteiger partial charge < -0.3 is 10.2 Å². The Labute approximate surface area is 72.5 Å². The van der Waals surface area contributed by atoms with Gasteiger partial charge >= 0.3 is 0 Å². The van der Waals surface area contributed by atoms with Gasteiger partial charge in [-0.05, 0) is 12.5 Å². The molecular weight excluding hydrogens is 152 g/mol. The molecule has 2 heteroatoms. The van der Waals surface area contributed by atoms with Crippen LogP contribution in [-0.4, -0.2) is 22.4 Å². The van der Waals surface area contributed by atoms with Gasteiger partial charge in [-0.25, -0.2) is 0 Å². The molecule has 0 amide bonds. The monoisotopic (exact) mass is 166 g/mol. The van der Waals surface area contributed by atoms with Crippen molar-refractivity contribution < 1.29 is 10.2 Å². The molecule has 0 aliphatic rings. The predicted octanol–water partition coefficient (Wildman–Crippen LogP) is 0.971. The second-order valence-corrected chi connectivity index (χ2v) is 3.00. The van der Waals surface area contributed by atoms with Crippen LogP contribution in [0.5, 0.6) is 0 Å². The average Bonchev–Trinajstić information content (AvgIpc) is 2.06. The summed E-state index contributed by atoms with van der Waals surface area (Å²) in [5.41, 5.74) is 1.05. The lowest BCUT2D eigenvalue weighted by molar-refractivity contribution is 0.0320. The highest BCUT2D eigenvalue weighted by Crippen LogP contribution is 2.05. The van der Waals surface area contributed by atoms with Crippen molar-refractivity contribution in [3.8, 4) is 0 Å². The van der Waals surface area contributed by atoms with Gasteiger partial charge in [-0.1, -0.05) is 30.3 Å². The number of aliphatic hydroxyl groups is 2. The summed E-state index contributed by atoms with van der Waals surface area (Å²) in [6, 6.07) is 9.64. The topological polar surface area (TPSA) is 40.5 Å². The minimum Gasteiger partial charge on any atom is -0.391 e. The van der Waals surface area contributed by atoms with Crippen molar-refractivity contribution in [1.82, 2.24) is 0 Å². The Balaban J connectivity index is 2.53. The van der Waals surface area contributed by atoms with E-state index in [4.69, 9.17) is 5.11 Å². The molecule has 0 aliphatic heterocycles. The molecule has 0 aromatic heterocycles. The van der Waals surface area contributed by atoms with E-state index >= 15 is 0 Å². The van der Waals surface area contributed by atoms with Crippen LogP contribution >= 0.6 is 0 Å². The maximum Gasteiger partial charge on any atom is 0.0836 e. The van der Waals surface area contributed by atoms with Crippen molar-refractivity contribution in [3.63, 3.8) is 0 Å². The Kier molecular flexibility index (Phi) is 3.26. The van der Waals surface area contributed by atoms with E-state index in [9.17, 15) is 5.11 Å². The van der Waals surface area contributed by atoms with E-state index in [1.54, 1.807) is 6.92 Å². The molecule has 1 aromatic rings. The van der Waals surface area contributed by atoms with Gasteiger partial charge in [0.15, 0.2) is 0 Å². The Morgan fingerprint density at radius 1 is 1.17 bits per heavy atom. The lowest BCUT2D eigenvalue weighted by Gasteiger charge is -2.12. The first-order chi connectivity index (χ1) is 5.70. The van der Waals surface area contributed by atoms with Crippen molar-refractivity contribution in [2.45, 2.75) is 25.6 Å². The van der Waals surface area contributed by atoms with Gasteiger partial charge in [0.2, 0.25) is 0 Å². The zero-order valence-corrected chi connectivity index (χ0v) is 7.14. The lowest BCUT2D eigenvalue weighted by Crippen LogP contribution is -2.24. The molecule has 0 fully saturated rings. The van der Waals surface area contributed by atoms with Gasteiger partial charge in [-0.3, -0.25) is 0 Å². The van der Waals surface area contributed by atoms with Crippen LogP contribution in [0.25, 0.3) is 0 Å². The summed E-state index contributed by atoms with van der Waals surface area (Å²) in [6.45, 7) is 1.59. The molecule has 0 saturated carbocycles. The minimum absolute atomic E-state index is 0.512. The zero-order valence-electron chi connectivity index (χ0n) is 7.14. The summed E-state index contributed by atoms with van der Waals surface area (Å²) in [5, 5.41) is 18.4. The summed E-state index contributed by atoms with van der Waals surface area (Å²) in [5.74, 6) is 0. The smallest absolute Gasteiger partial charge is 0.0836 e. The first-order valence-electron chi connectivity index (χ1n) is 4.10. The minimum atomic E-state index is -0.662. The quantitative estimate of drug-likeness (QED) is 0.702. The maximum absolute atomic E-state index is 9.33. The SMILES string of the molecule is CC(O)C(O)Cc1ccccc1. The van der Waals surface area contributed by atoms with E-state index < -0.39 is 12.2 Å². The zero-order chi connectivity index (χ0) is 8.97. The Bertz CT molecular complexity index is 219. The van der Waals surface area contributed by atoms with E-state index in [-0.39, 0.29) is 0 Å². The predicted molar refractivity (Wildman–Crippen MR) is 47.8 cm³/mol. The number of rotatable bonds is 3. The first-order valence-corrected chi connectivity index (χ1v) is 4.10. The molecule has 1 aromatic carbocycles. The van der Waals surface area contributed by atoms with Gasteiger partial charge in [0, 0.05) is 6.42 Å². The molecular formula is C10H14O2. The maximum atomic E-state index is 9.33. The van der Waals surface area contributed by atoms with Gasteiger partial charge in [0.25, 0.3) is 0 Å². The van der Waals surface area contributed by atoms with E-state index in [1.807, 2.05) is 30.3 Å². The fourth-order valence-electron chi connectivity index (χ4n) is 1.03. The number of hydrogen-bond acceptors (Lipinski definition) is 2. The van der Waals surface area contributed by atoms with Crippen molar-refractivity contribution >= 4 is 0 Å². The molecule has 0 aliphatic carbocycles. The van der Waals surface area contributed by atoms with E-state index in [2.05, 4.69) is 0 Å². The molecule has 0 saturated heterocycles. The fraction of sp³-hybridized carbons (Fsp3) is 0.400. The summed E-state index contributed by atoms with van der Waals surface area (Å²) in [4.78, 5) is 0. The standard InChI is InChI=1S/C10H14O2/c1-8(11)10(12)7-9-5-3-2-4-6-9/h2-6,8,10-12H,7H2,1H3. The highest BCUT2D eigenvalue weighted by Gasteiger charge is 2.10. The molecule has 0 bridgehead atoms. The normalized spacial score (nSPS) is 15.6. The van der Waals surface area contributed by atoms with Gasteiger partial charge in [0.05, 0.1) is 12.2 Å². The first kappa shape index (κ1) is 9.23. The van der Waals surface area contributed by atoms with Crippen molar-refractivity contribution in [1.29, 1.82) is 0 Å². The highest BCUT2D eigenvalue weighted by molar-refractivity contribution is 5.15. The molecule has 0 spiro atoms. The third-order valence-electron chi connectivity index (χ3n) is 1.84. The van der Waals surface area contributed by atoms with Crippen molar-refractivity contribution in [2.24, 2.45) is 0 Å². The molecule has 2 unspecified atom stereocenters. The Morgan fingerprint density at radius 3 is 2.25 bits per heavy atom. The van der Waals surface area contributed by atoms with Crippen molar-refractivity contribution in [2.75, 3.05) is 0 Å². The number of benzene rings is 1. The van der Waals surface area contributed by atoms with Crippen LogP contribution in [0.15, 0.2) is 30.3 Å². The van der Waals surface area contributed by atoms with Crippen LogP contribution in [0.1, 0.15) is 12.5 Å². The molecule has 12 heavy (non-hydrogen) atoms. The van der Waals surface area contributed by atoms with Crippen LogP contribution in [0, 0.1) is 0 Å². The molecule has 66 valence electrons. The summed E-state index contributed by atoms with van der Waals surface area (Å²) < 4.78 is 0. The summed E-state index contributed by atoms with van der Waals surface area (Å²) >= 11 is 0. The highest BCUT2D eigenvalue weighted by atomic mass is 16.3. The number of hydrogen-bond donors (Lipinski definition) is 2. The molecule has 2 atom stereocenters. The van der Waals surface area contributed by atoms with E-state index in [0.29, 0.717) is 6.42 Å². The van der Waals surface area contributed by atoms with Crippen LogP contribution in [0.2, 0.25) is 0 Å². The lowest BCUT2D eigenvalue weighted by atomic mass is 10.1. The van der Waals surface area contributed by atoms with E-state index in [0.717, 1.165) is 5.56 Å². The molecule has 2 N–H and O–H groups in total. The third-order valence-corrected chi connectivity index (χ3v) is 1.84. The Morgan fingerprint density at radius 2 is 1.75 bits per heavy atom. The summed E-state index contributed by atoms with van der Waals surface area (Å²) in [7, 11) is 0. The van der Waals surface area contributed by atoms with Crippen LogP contribution in [0.4, 0.5) is 0 Å². The van der Waals surface area contributed by atoms with Crippen LogP contribution in [-0.2, 0) is 6.42 Å². The fourth-order valence-corrected chi connectivity index (χ4v) is 1.03. The summed E-state index contributed by atoms with van der Waals surface area (Å²) in [6.07, 6.45) is -0.809.